The molecule has 0 amide bonds. The maximum absolute atomic E-state index is 10.7. The third-order valence-electron chi connectivity index (χ3n) is 2.19. The van der Waals surface area contributed by atoms with Crippen LogP contribution in [-0.4, -0.2) is 20.7 Å². The van der Waals surface area contributed by atoms with Crippen LogP contribution in [-0.2, 0) is 10.0 Å². The molecule has 1 aromatic rings. The zero-order chi connectivity index (χ0) is 12.2. The molecule has 0 aliphatic heterocycles. The van der Waals surface area contributed by atoms with Crippen LogP contribution in [0.25, 0.3) is 0 Å². The largest absolute Gasteiger partial charge is 0.309 e. The molecule has 0 unspecified atom stereocenters. The van der Waals surface area contributed by atoms with Crippen molar-refractivity contribution in [2.75, 3.05) is 12.3 Å². The van der Waals surface area contributed by atoms with Gasteiger partial charge in [-0.2, -0.15) is 0 Å². The van der Waals surface area contributed by atoms with Gasteiger partial charge in [-0.1, -0.05) is 28.1 Å². The number of nitrogens with one attached hydrogen (secondary N) is 1. The van der Waals surface area contributed by atoms with Gasteiger partial charge in [-0.05, 0) is 24.6 Å². The minimum absolute atomic E-state index is 0.0503. The first-order valence-corrected chi connectivity index (χ1v) is 7.38. The Morgan fingerprint density at radius 2 is 2.19 bits per heavy atom. The first-order valence-electron chi connectivity index (χ1n) is 4.88. The van der Waals surface area contributed by atoms with Crippen molar-refractivity contribution < 1.29 is 8.42 Å². The summed E-state index contributed by atoms with van der Waals surface area (Å²) < 4.78 is 22.5. The summed E-state index contributed by atoms with van der Waals surface area (Å²) in [4.78, 5) is 0. The summed E-state index contributed by atoms with van der Waals surface area (Å²) in [6, 6.07) is 7.96. The third kappa shape index (κ3) is 5.07. The molecule has 1 aromatic carbocycles. The summed E-state index contributed by atoms with van der Waals surface area (Å²) in [6.07, 6.45) is 0. The molecule has 4 nitrogen and oxygen atoms in total. The quantitative estimate of drug-likeness (QED) is 0.863. The monoisotopic (exact) mass is 306 g/mol. The summed E-state index contributed by atoms with van der Waals surface area (Å²) >= 11 is 3.39. The van der Waals surface area contributed by atoms with Gasteiger partial charge in [-0.3, -0.25) is 0 Å². The van der Waals surface area contributed by atoms with E-state index in [2.05, 4.69) is 21.2 Å². The standard InChI is InChI=1S/C10H15BrN2O2S/c1-8(13-5-6-16(12,14)15)9-3-2-4-10(11)7-9/h2-4,7-8,13H,5-6H2,1H3,(H2,12,14,15)/t8-/m1/s1. The molecule has 0 saturated carbocycles. The molecule has 0 aliphatic carbocycles. The van der Waals surface area contributed by atoms with E-state index >= 15 is 0 Å². The molecule has 0 heterocycles. The van der Waals surface area contributed by atoms with Crippen LogP contribution in [0.1, 0.15) is 18.5 Å². The summed E-state index contributed by atoms with van der Waals surface area (Å²) in [6.45, 7) is 2.33. The smallest absolute Gasteiger partial charge is 0.210 e. The first-order chi connectivity index (χ1) is 7.38. The van der Waals surface area contributed by atoms with Gasteiger partial charge in [-0.15, -0.1) is 0 Å². The van der Waals surface area contributed by atoms with Crippen molar-refractivity contribution >= 4 is 26.0 Å². The SMILES string of the molecule is C[C@@H](NCCS(N)(=O)=O)c1cccc(Br)c1. The van der Waals surface area contributed by atoms with Crippen molar-refractivity contribution in [3.8, 4) is 0 Å². The summed E-state index contributed by atoms with van der Waals surface area (Å²) in [5.74, 6) is -0.0503. The average Bonchev–Trinajstić information content (AvgIpc) is 2.15. The van der Waals surface area contributed by atoms with Crippen molar-refractivity contribution in [3.63, 3.8) is 0 Å². The molecular weight excluding hydrogens is 292 g/mol. The van der Waals surface area contributed by atoms with Crippen molar-refractivity contribution in [1.29, 1.82) is 0 Å². The average molecular weight is 307 g/mol. The second kappa shape index (κ2) is 5.77. The highest BCUT2D eigenvalue weighted by Crippen LogP contribution is 2.17. The summed E-state index contributed by atoms with van der Waals surface area (Å²) in [5, 5.41) is 8.01. The summed E-state index contributed by atoms with van der Waals surface area (Å²) in [5.41, 5.74) is 1.10. The maximum atomic E-state index is 10.7. The Morgan fingerprint density at radius 1 is 1.50 bits per heavy atom. The zero-order valence-electron chi connectivity index (χ0n) is 8.98. The molecule has 0 radical (unpaired) electrons. The minimum atomic E-state index is -3.38. The van der Waals surface area contributed by atoms with Crippen LogP contribution in [0.15, 0.2) is 28.7 Å². The first kappa shape index (κ1) is 13.6. The molecule has 1 atom stereocenters. The molecule has 0 bridgehead atoms. The zero-order valence-corrected chi connectivity index (χ0v) is 11.4. The van der Waals surface area contributed by atoms with Crippen LogP contribution in [0.5, 0.6) is 0 Å². The minimum Gasteiger partial charge on any atom is -0.309 e. The van der Waals surface area contributed by atoms with E-state index in [0.717, 1.165) is 10.0 Å². The van der Waals surface area contributed by atoms with E-state index in [4.69, 9.17) is 5.14 Å². The number of nitrogens with two attached hydrogens (primary N) is 1. The van der Waals surface area contributed by atoms with Crippen molar-refractivity contribution in [3.05, 3.63) is 34.3 Å². The maximum Gasteiger partial charge on any atom is 0.210 e. The number of primary sulfonamides is 1. The van der Waals surface area contributed by atoms with E-state index in [1.165, 1.54) is 0 Å². The number of halogens is 1. The second-order valence-corrected chi connectivity index (χ2v) is 6.25. The van der Waals surface area contributed by atoms with E-state index in [-0.39, 0.29) is 11.8 Å². The van der Waals surface area contributed by atoms with Gasteiger partial charge in [0.1, 0.15) is 0 Å². The molecular formula is C10H15BrN2O2S. The van der Waals surface area contributed by atoms with Gasteiger partial charge in [0.25, 0.3) is 0 Å². The van der Waals surface area contributed by atoms with Gasteiger partial charge < -0.3 is 5.32 Å². The van der Waals surface area contributed by atoms with Gasteiger partial charge in [-0.25, -0.2) is 13.6 Å². The fourth-order valence-corrected chi connectivity index (χ4v) is 2.13. The van der Waals surface area contributed by atoms with Crippen LogP contribution in [0, 0.1) is 0 Å². The van der Waals surface area contributed by atoms with Crippen LogP contribution in [0.4, 0.5) is 0 Å². The lowest BCUT2D eigenvalue weighted by molar-refractivity contribution is 0.573. The molecule has 0 spiro atoms. The third-order valence-corrected chi connectivity index (χ3v) is 3.45. The van der Waals surface area contributed by atoms with Crippen LogP contribution >= 0.6 is 15.9 Å². The van der Waals surface area contributed by atoms with Crippen molar-refractivity contribution in [2.45, 2.75) is 13.0 Å². The Labute approximate surface area is 104 Å². The van der Waals surface area contributed by atoms with Crippen molar-refractivity contribution in [1.82, 2.24) is 5.32 Å². The lowest BCUT2D eigenvalue weighted by Crippen LogP contribution is -2.28. The van der Waals surface area contributed by atoms with E-state index in [9.17, 15) is 8.42 Å². The molecule has 0 aromatic heterocycles. The number of sulfonamides is 1. The number of benzene rings is 1. The van der Waals surface area contributed by atoms with Crippen molar-refractivity contribution in [2.24, 2.45) is 5.14 Å². The Bertz CT molecular complexity index is 448. The fourth-order valence-electron chi connectivity index (χ4n) is 1.31. The molecule has 16 heavy (non-hydrogen) atoms. The van der Waals surface area contributed by atoms with E-state index in [1.807, 2.05) is 31.2 Å². The highest BCUT2D eigenvalue weighted by atomic mass is 79.9. The Hall–Kier alpha value is -0.430. The van der Waals surface area contributed by atoms with Gasteiger partial charge in [0.2, 0.25) is 10.0 Å². The number of hydrogen-bond donors (Lipinski definition) is 2. The molecule has 3 N–H and O–H groups in total. The van der Waals surface area contributed by atoms with E-state index < -0.39 is 10.0 Å². The molecule has 0 saturated heterocycles. The van der Waals surface area contributed by atoms with Crippen LogP contribution in [0.2, 0.25) is 0 Å². The highest BCUT2D eigenvalue weighted by molar-refractivity contribution is 9.10. The van der Waals surface area contributed by atoms with Gasteiger partial charge in [0.05, 0.1) is 5.75 Å². The molecule has 0 aliphatic rings. The van der Waals surface area contributed by atoms with Gasteiger partial charge in [0, 0.05) is 17.1 Å². The summed E-state index contributed by atoms with van der Waals surface area (Å²) in [7, 11) is -3.38. The second-order valence-electron chi connectivity index (χ2n) is 3.60. The highest BCUT2D eigenvalue weighted by Gasteiger charge is 2.07. The Balaban J connectivity index is 2.50. The topological polar surface area (TPSA) is 72.2 Å². The molecule has 90 valence electrons. The number of rotatable bonds is 5. The normalized spacial score (nSPS) is 13.7. The Kier molecular flexibility index (Phi) is 4.91. The number of hydrogen-bond acceptors (Lipinski definition) is 3. The Morgan fingerprint density at radius 3 is 2.75 bits per heavy atom. The fraction of sp³-hybridized carbons (Fsp3) is 0.400. The predicted molar refractivity (Wildman–Crippen MR) is 68.5 cm³/mol. The molecule has 1 rings (SSSR count). The predicted octanol–water partition coefficient (Wildman–Crippen LogP) is 1.39. The van der Waals surface area contributed by atoms with Crippen LogP contribution in [0.3, 0.4) is 0 Å². The lowest BCUT2D eigenvalue weighted by atomic mass is 10.1. The van der Waals surface area contributed by atoms with E-state index in [1.54, 1.807) is 0 Å². The van der Waals surface area contributed by atoms with Gasteiger partial charge >= 0.3 is 0 Å². The van der Waals surface area contributed by atoms with Gasteiger partial charge in [0.15, 0.2) is 0 Å². The molecule has 6 heteroatoms. The lowest BCUT2D eigenvalue weighted by Gasteiger charge is -2.13. The van der Waals surface area contributed by atoms with Crippen LogP contribution < -0.4 is 10.5 Å². The molecule has 0 fully saturated rings. The van der Waals surface area contributed by atoms with E-state index in [0.29, 0.717) is 6.54 Å².